The van der Waals surface area contributed by atoms with Gasteiger partial charge in [-0.1, -0.05) is 13.3 Å². The fourth-order valence-corrected chi connectivity index (χ4v) is 4.11. The van der Waals surface area contributed by atoms with E-state index >= 15 is 0 Å². The van der Waals surface area contributed by atoms with E-state index in [1.54, 1.807) is 0 Å². The molecule has 0 bridgehead atoms. The first-order chi connectivity index (χ1) is 9.46. The van der Waals surface area contributed by atoms with Crippen LogP contribution in [0.4, 0.5) is 0 Å². The lowest BCUT2D eigenvalue weighted by molar-refractivity contribution is -0.125. The zero-order valence-electron chi connectivity index (χ0n) is 13.1. The summed E-state index contributed by atoms with van der Waals surface area (Å²) in [5.41, 5.74) is 10.9. The Bertz CT molecular complexity index is 339. The van der Waals surface area contributed by atoms with Crippen LogP contribution < -0.4 is 11.5 Å². The molecule has 2 fully saturated rings. The van der Waals surface area contributed by atoms with Gasteiger partial charge >= 0.3 is 0 Å². The third kappa shape index (κ3) is 3.34. The first-order valence-corrected chi connectivity index (χ1v) is 8.27. The van der Waals surface area contributed by atoms with Crippen LogP contribution in [0.25, 0.3) is 0 Å². The van der Waals surface area contributed by atoms with E-state index in [1.165, 1.54) is 32.1 Å². The highest BCUT2D eigenvalue weighted by Gasteiger charge is 2.40. The van der Waals surface area contributed by atoms with Crippen LogP contribution in [-0.2, 0) is 4.79 Å². The van der Waals surface area contributed by atoms with E-state index < -0.39 is 5.54 Å². The minimum absolute atomic E-state index is 0.328. The molecule has 2 atom stereocenters. The Morgan fingerprint density at radius 3 is 2.40 bits per heavy atom. The van der Waals surface area contributed by atoms with Crippen molar-refractivity contribution in [2.75, 3.05) is 7.05 Å². The fourth-order valence-electron chi connectivity index (χ4n) is 4.11. The van der Waals surface area contributed by atoms with E-state index in [0.717, 1.165) is 31.6 Å². The highest BCUT2D eigenvalue weighted by atomic mass is 16.1. The molecule has 2 rings (SSSR count). The van der Waals surface area contributed by atoms with Crippen molar-refractivity contribution in [1.82, 2.24) is 4.90 Å². The number of nitrogens with two attached hydrogens (primary N) is 2. The molecule has 4 N–H and O–H groups in total. The van der Waals surface area contributed by atoms with E-state index in [1.807, 2.05) is 0 Å². The normalized spacial score (nSPS) is 38.9. The minimum atomic E-state index is -0.780. The maximum atomic E-state index is 11.6. The molecule has 1 amide bonds. The molecule has 0 aromatic rings. The Morgan fingerprint density at radius 1 is 1.20 bits per heavy atom. The Morgan fingerprint density at radius 2 is 1.85 bits per heavy atom. The second-order valence-electron chi connectivity index (χ2n) is 7.02. The topological polar surface area (TPSA) is 72.3 Å². The van der Waals surface area contributed by atoms with E-state index in [0.29, 0.717) is 12.1 Å². The molecule has 4 nitrogen and oxygen atoms in total. The van der Waals surface area contributed by atoms with Crippen molar-refractivity contribution in [3.8, 4) is 0 Å². The van der Waals surface area contributed by atoms with Gasteiger partial charge in [-0.05, 0) is 64.3 Å². The number of primary amides is 1. The van der Waals surface area contributed by atoms with Gasteiger partial charge in [0.2, 0.25) is 5.91 Å². The van der Waals surface area contributed by atoms with Gasteiger partial charge in [-0.3, -0.25) is 4.79 Å². The van der Waals surface area contributed by atoms with Crippen molar-refractivity contribution in [2.45, 2.75) is 82.3 Å². The largest absolute Gasteiger partial charge is 0.368 e. The molecule has 20 heavy (non-hydrogen) atoms. The van der Waals surface area contributed by atoms with Gasteiger partial charge in [-0.15, -0.1) is 0 Å². The second-order valence-corrected chi connectivity index (χ2v) is 7.02. The molecular weight excluding hydrogens is 250 g/mol. The molecule has 116 valence electrons. The van der Waals surface area contributed by atoms with Crippen LogP contribution in [-0.4, -0.2) is 35.5 Å². The lowest BCUT2D eigenvalue weighted by Crippen LogP contribution is -2.58. The van der Waals surface area contributed by atoms with Crippen LogP contribution in [0, 0.1) is 5.92 Å². The Labute approximate surface area is 123 Å². The summed E-state index contributed by atoms with van der Waals surface area (Å²) >= 11 is 0. The molecule has 0 spiro atoms. The van der Waals surface area contributed by atoms with Crippen LogP contribution in [0.15, 0.2) is 0 Å². The average Bonchev–Trinajstić information content (AvgIpc) is 2.46. The zero-order valence-corrected chi connectivity index (χ0v) is 13.1. The Hall–Kier alpha value is -0.610. The number of carbonyl (C=O) groups excluding carboxylic acids is 1. The predicted molar refractivity (Wildman–Crippen MR) is 82.2 cm³/mol. The summed E-state index contributed by atoms with van der Waals surface area (Å²) in [5, 5.41) is 0. The summed E-state index contributed by atoms with van der Waals surface area (Å²) in [6, 6.07) is 1.09. The third-order valence-electron chi connectivity index (χ3n) is 5.80. The fraction of sp³-hybridized carbons (Fsp3) is 0.938. The highest BCUT2D eigenvalue weighted by molar-refractivity contribution is 5.84. The van der Waals surface area contributed by atoms with Crippen LogP contribution in [0.5, 0.6) is 0 Å². The number of nitrogens with zero attached hydrogens (tertiary/aromatic N) is 1. The molecular formula is C16H31N3O. The van der Waals surface area contributed by atoms with Gasteiger partial charge < -0.3 is 16.4 Å². The van der Waals surface area contributed by atoms with Crippen molar-refractivity contribution in [1.29, 1.82) is 0 Å². The molecule has 0 aromatic heterocycles. The lowest BCUT2D eigenvalue weighted by Gasteiger charge is -2.44. The van der Waals surface area contributed by atoms with Gasteiger partial charge in [-0.25, -0.2) is 0 Å². The number of amides is 1. The van der Waals surface area contributed by atoms with Gasteiger partial charge in [0.25, 0.3) is 0 Å². The first kappa shape index (κ1) is 15.8. The molecule has 4 heteroatoms. The lowest BCUT2D eigenvalue weighted by atomic mass is 9.77. The van der Waals surface area contributed by atoms with E-state index in [9.17, 15) is 4.79 Å². The maximum Gasteiger partial charge on any atom is 0.237 e. The second kappa shape index (κ2) is 6.44. The van der Waals surface area contributed by atoms with E-state index in [2.05, 4.69) is 18.9 Å². The van der Waals surface area contributed by atoms with Crippen molar-refractivity contribution in [2.24, 2.45) is 17.4 Å². The van der Waals surface area contributed by atoms with Crippen LogP contribution in [0.1, 0.15) is 64.7 Å². The average molecular weight is 281 g/mol. The summed E-state index contributed by atoms with van der Waals surface area (Å²) in [6.07, 6.45) is 10.2. The van der Waals surface area contributed by atoms with Crippen molar-refractivity contribution >= 4 is 5.91 Å². The SMILES string of the molecule is CCC1CCC(N(C)C2CCCC(N)(C(N)=O)C2)CC1. The molecule has 2 aliphatic rings. The minimum Gasteiger partial charge on any atom is -0.368 e. The predicted octanol–water partition coefficient (Wildman–Crippen LogP) is 2.01. The van der Waals surface area contributed by atoms with Crippen molar-refractivity contribution < 1.29 is 4.79 Å². The Balaban J connectivity index is 1.92. The smallest absolute Gasteiger partial charge is 0.237 e. The molecule has 0 aromatic carbocycles. The summed E-state index contributed by atoms with van der Waals surface area (Å²) in [6.45, 7) is 2.30. The number of hydrogen-bond acceptors (Lipinski definition) is 3. The molecule has 2 saturated carbocycles. The maximum absolute atomic E-state index is 11.6. The van der Waals surface area contributed by atoms with Gasteiger partial charge in [0.1, 0.15) is 0 Å². The van der Waals surface area contributed by atoms with Crippen LogP contribution in [0.3, 0.4) is 0 Å². The van der Waals surface area contributed by atoms with Gasteiger partial charge in [0.15, 0.2) is 0 Å². The molecule has 0 radical (unpaired) electrons. The monoisotopic (exact) mass is 281 g/mol. The van der Waals surface area contributed by atoms with Crippen LogP contribution >= 0.6 is 0 Å². The van der Waals surface area contributed by atoms with Gasteiger partial charge in [0, 0.05) is 12.1 Å². The summed E-state index contributed by atoms with van der Waals surface area (Å²) in [5.74, 6) is 0.593. The first-order valence-electron chi connectivity index (χ1n) is 8.27. The van der Waals surface area contributed by atoms with Crippen LogP contribution in [0.2, 0.25) is 0 Å². The summed E-state index contributed by atoms with van der Waals surface area (Å²) in [4.78, 5) is 14.1. The van der Waals surface area contributed by atoms with E-state index in [4.69, 9.17) is 11.5 Å². The third-order valence-corrected chi connectivity index (χ3v) is 5.80. The highest BCUT2D eigenvalue weighted by Crippen LogP contribution is 2.34. The van der Waals surface area contributed by atoms with Crippen molar-refractivity contribution in [3.05, 3.63) is 0 Å². The zero-order chi connectivity index (χ0) is 14.8. The molecule has 2 unspecified atom stereocenters. The Kier molecular flexibility index (Phi) is 5.08. The number of rotatable bonds is 4. The molecule has 0 aliphatic heterocycles. The number of carbonyl (C=O) groups is 1. The van der Waals surface area contributed by atoms with Crippen molar-refractivity contribution in [3.63, 3.8) is 0 Å². The molecule has 0 saturated heterocycles. The molecule has 0 heterocycles. The van der Waals surface area contributed by atoms with Gasteiger partial charge in [-0.2, -0.15) is 0 Å². The summed E-state index contributed by atoms with van der Waals surface area (Å²) < 4.78 is 0. The molecule has 2 aliphatic carbocycles. The number of hydrogen-bond donors (Lipinski definition) is 2. The summed E-state index contributed by atoms with van der Waals surface area (Å²) in [7, 11) is 2.22. The standard InChI is InChI=1S/C16H31N3O/c1-3-12-6-8-13(9-7-12)19(2)14-5-4-10-16(18,11-14)15(17)20/h12-14H,3-11,18H2,1-2H3,(H2,17,20). The quantitative estimate of drug-likeness (QED) is 0.828. The van der Waals surface area contributed by atoms with E-state index in [-0.39, 0.29) is 5.91 Å². The van der Waals surface area contributed by atoms with Gasteiger partial charge in [0.05, 0.1) is 5.54 Å².